The molecule has 12 heteroatoms. The first kappa shape index (κ1) is 25.6. The highest BCUT2D eigenvalue weighted by molar-refractivity contribution is 5.65. The molecule has 42 heavy (non-hydrogen) atoms. The molecule has 0 amide bonds. The summed E-state index contributed by atoms with van der Waals surface area (Å²) in [6, 6.07) is 13.7. The summed E-state index contributed by atoms with van der Waals surface area (Å²) in [6.07, 6.45) is -2.08. The van der Waals surface area contributed by atoms with Gasteiger partial charge < -0.3 is 44.8 Å². The van der Waals surface area contributed by atoms with Crippen LogP contribution in [0.4, 0.5) is 5.69 Å². The number of phenols is 5. The molecule has 4 aromatic rings. The van der Waals surface area contributed by atoms with Gasteiger partial charge in [0, 0.05) is 59.2 Å². The second-order valence-corrected chi connectivity index (χ2v) is 10.6. The Balaban J connectivity index is 1.44. The fourth-order valence-corrected chi connectivity index (χ4v) is 6.06. The lowest BCUT2D eigenvalue weighted by Gasteiger charge is -2.47. The second-order valence-electron chi connectivity index (χ2n) is 10.6. The monoisotopic (exact) mass is 573 g/mol. The molecule has 3 heterocycles. The molecule has 0 aliphatic carbocycles. The molecular weight excluding hydrogens is 550 g/mol. The summed E-state index contributed by atoms with van der Waals surface area (Å²) in [4.78, 5) is 11.2. The van der Waals surface area contributed by atoms with Crippen molar-refractivity contribution in [2.24, 2.45) is 0 Å². The van der Waals surface area contributed by atoms with Crippen molar-refractivity contribution >= 4 is 5.69 Å². The number of aliphatic hydroxyl groups excluding tert-OH is 1. The number of fused-ring (bicyclic) bond motifs is 8. The van der Waals surface area contributed by atoms with Crippen molar-refractivity contribution in [1.82, 2.24) is 0 Å². The number of hydrogen-bond donors (Lipinski definition) is 6. The Labute approximate surface area is 237 Å². The Kier molecular flexibility index (Phi) is 5.37. The minimum absolute atomic E-state index is 0.0251. The average molecular weight is 574 g/mol. The van der Waals surface area contributed by atoms with Crippen molar-refractivity contribution in [2.45, 2.75) is 36.8 Å². The first-order chi connectivity index (χ1) is 20.0. The van der Waals surface area contributed by atoms with Gasteiger partial charge in [-0.3, -0.25) is 10.1 Å². The highest BCUT2D eigenvalue weighted by Gasteiger charge is 2.52. The number of rotatable bonds is 3. The van der Waals surface area contributed by atoms with Crippen molar-refractivity contribution in [3.63, 3.8) is 0 Å². The zero-order valence-corrected chi connectivity index (χ0v) is 21.6. The normalized spacial score (nSPS) is 23.3. The molecule has 0 fully saturated rings. The SMILES string of the molecule is O=[N+]([O-])c1ccc2c(c1)[C@@H]1C[C@](c3ccc(O)c(O)c3)(O2)Oc2cc(O)c3c(c21)O[C@H](c1ccc(O)c(O)c1)[C@@H](O)C3. The minimum atomic E-state index is -1.55. The van der Waals surface area contributed by atoms with Crippen LogP contribution >= 0.6 is 0 Å². The number of aliphatic hydroxyl groups is 1. The van der Waals surface area contributed by atoms with Gasteiger partial charge in [-0.25, -0.2) is 0 Å². The van der Waals surface area contributed by atoms with Crippen molar-refractivity contribution in [2.75, 3.05) is 0 Å². The third kappa shape index (κ3) is 3.72. The van der Waals surface area contributed by atoms with Gasteiger partial charge in [0.25, 0.3) is 11.5 Å². The van der Waals surface area contributed by atoms with Gasteiger partial charge in [-0.15, -0.1) is 0 Å². The molecule has 0 saturated heterocycles. The molecule has 0 radical (unpaired) electrons. The predicted molar refractivity (Wildman–Crippen MR) is 143 cm³/mol. The summed E-state index contributed by atoms with van der Waals surface area (Å²) in [7, 11) is 0. The van der Waals surface area contributed by atoms with Crippen LogP contribution in [0.2, 0.25) is 0 Å². The number of nitro benzene ring substituents is 1. The van der Waals surface area contributed by atoms with Crippen LogP contribution in [0.1, 0.15) is 46.3 Å². The number of aromatic hydroxyl groups is 5. The Bertz CT molecular complexity index is 1800. The summed E-state index contributed by atoms with van der Waals surface area (Å²) in [5.41, 5.74) is 1.79. The van der Waals surface area contributed by atoms with Gasteiger partial charge in [0.2, 0.25) is 0 Å². The van der Waals surface area contributed by atoms with E-state index < -0.39 is 40.3 Å². The van der Waals surface area contributed by atoms with Gasteiger partial charge in [-0.2, -0.15) is 0 Å². The number of hydrogen-bond acceptors (Lipinski definition) is 11. The van der Waals surface area contributed by atoms with Crippen LogP contribution in [0.15, 0.2) is 60.7 Å². The van der Waals surface area contributed by atoms with E-state index in [0.29, 0.717) is 27.8 Å². The topological polar surface area (TPSA) is 192 Å². The summed E-state index contributed by atoms with van der Waals surface area (Å²) in [5, 5.41) is 73.7. The van der Waals surface area contributed by atoms with Gasteiger partial charge in [0.1, 0.15) is 29.1 Å². The van der Waals surface area contributed by atoms with Crippen molar-refractivity contribution in [3.05, 3.63) is 98.6 Å². The Morgan fingerprint density at radius 3 is 2.24 bits per heavy atom. The maximum absolute atomic E-state index is 11.7. The molecule has 6 N–H and O–H groups in total. The van der Waals surface area contributed by atoms with Crippen molar-refractivity contribution in [3.8, 4) is 46.0 Å². The molecule has 2 bridgehead atoms. The number of nitro groups is 1. The summed E-state index contributed by atoms with van der Waals surface area (Å²) < 4.78 is 19.1. The van der Waals surface area contributed by atoms with Crippen LogP contribution < -0.4 is 14.2 Å². The van der Waals surface area contributed by atoms with E-state index in [0.717, 1.165) is 0 Å². The van der Waals surface area contributed by atoms with E-state index in [1.165, 1.54) is 60.7 Å². The molecule has 0 spiro atoms. The average Bonchev–Trinajstić information content (AvgIpc) is 2.95. The first-order valence-electron chi connectivity index (χ1n) is 13.0. The van der Waals surface area contributed by atoms with Gasteiger partial charge in [0.15, 0.2) is 23.0 Å². The first-order valence-corrected chi connectivity index (χ1v) is 13.0. The van der Waals surface area contributed by atoms with Gasteiger partial charge in [0.05, 0.1) is 11.0 Å². The van der Waals surface area contributed by atoms with Crippen molar-refractivity contribution < 1.29 is 49.8 Å². The van der Waals surface area contributed by atoms with E-state index in [9.17, 15) is 40.8 Å². The zero-order valence-electron chi connectivity index (χ0n) is 21.6. The third-order valence-electron chi connectivity index (χ3n) is 8.06. The van der Waals surface area contributed by atoms with Crippen LogP contribution in [0.25, 0.3) is 0 Å². The standard InChI is InChI=1S/C30H23NO11/c32-19-4-1-13(7-22(19)35)28-24(37)10-17-21(34)11-26-27(29(17)40-28)18-12-30(42-26,14-2-5-20(33)23(36)8-14)41-25-6-3-15(31(38)39)9-16(18)25/h1-9,11,18,24,28,32-37H,10,12H2/t18-,24-,28+,30-/m0/s1. The van der Waals surface area contributed by atoms with Crippen LogP contribution in [-0.4, -0.2) is 41.7 Å². The Morgan fingerprint density at radius 2 is 1.52 bits per heavy atom. The van der Waals surface area contributed by atoms with Crippen LogP contribution in [0, 0.1) is 10.1 Å². The maximum atomic E-state index is 11.7. The molecule has 214 valence electrons. The zero-order chi connectivity index (χ0) is 29.5. The number of phenolic OH excluding ortho intramolecular Hbond substituents is 5. The fraction of sp³-hybridized carbons (Fsp3) is 0.200. The van der Waals surface area contributed by atoms with Crippen LogP contribution in [0.3, 0.4) is 0 Å². The number of ether oxygens (including phenoxy) is 3. The smallest absolute Gasteiger partial charge is 0.279 e. The minimum Gasteiger partial charge on any atom is -0.507 e. The number of nitrogens with zero attached hydrogens (tertiary/aromatic N) is 1. The van der Waals surface area contributed by atoms with Gasteiger partial charge >= 0.3 is 0 Å². The fourth-order valence-electron chi connectivity index (χ4n) is 6.06. The van der Waals surface area contributed by atoms with E-state index in [2.05, 4.69) is 0 Å². The van der Waals surface area contributed by atoms with E-state index in [1.54, 1.807) is 0 Å². The molecular formula is C30H23NO11. The quantitative estimate of drug-likeness (QED) is 0.116. The van der Waals surface area contributed by atoms with E-state index >= 15 is 0 Å². The lowest BCUT2D eigenvalue weighted by molar-refractivity contribution is -0.385. The number of non-ortho nitro benzene ring substituents is 1. The molecule has 3 aliphatic heterocycles. The third-order valence-corrected chi connectivity index (χ3v) is 8.06. The van der Waals surface area contributed by atoms with E-state index in [-0.39, 0.29) is 53.0 Å². The lowest BCUT2D eigenvalue weighted by Crippen LogP contribution is -2.47. The molecule has 0 saturated carbocycles. The van der Waals surface area contributed by atoms with E-state index in [1.807, 2.05) is 0 Å². The lowest BCUT2D eigenvalue weighted by atomic mass is 9.76. The highest BCUT2D eigenvalue weighted by atomic mass is 16.7. The number of benzene rings is 4. The Morgan fingerprint density at radius 1 is 0.810 bits per heavy atom. The molecule has 0 aromatic heterocycles. The Hall–Kier alpha value is -5.36. The van der Waals surface area contributed by atoms with Gasteiger partial charge in [-0.1, -0.05) is 6.07 Å². The predicted octanol–water partition coefficient (Wildman–Crippen LogP) is 4.32. The van der Waals surface area contributed by atoms with Crippen LogP contribution in [-0.2, 0) is 12.2 Å². The summed E-state index contributed by atoms with van der Waals surface area (Å²) in [6.45, 7) is 0. The molecule has 7 rings (SSSR count). The molecule has 12 nitrogen and oxygen atoms in total. The second kappa shape index (κ2) is 8.82. The molecule has 0 unspecified atom stereocenters. The maximum Gasteiger partial charge on any atom is 0.279 e. The highest BCUT2D eigenvalue weighted by Crippen LogP contribution is 2.60. The molecule has 4 aromatic carbocycles. The van der Waals surface area contributed by atoms with Gasteiger partial charge in [-0.05, 0) is 42.0 Å². The molecule has 3 aliphatic rings. The molecule has 4 atom stereocenters. The van der Waals surface area contributed by atoms with Crippen molar-refractivity contribution in [1.29, 1.82) is 0 Å². The van der Waals surface area contributed by atoms with Crippen LogP contribution in [0.5, 0.6) is 46.0 Å². The van der Waals surface area contributed by atoms with E-state index in [4.69, 9.17) is 14.2 Å². The largest absolute Gasteiger partial charge is 0.507 e. The summed E-state index contributed by atoms with van der Waals surface area (Å²) >= 11 is 0. The summed E-state index contributed by atoms with van der Waals surface area (Å²) in [5.74, 6) is -3.26.